The molecule has 1 heterocycles. The van der Waals surface area contributed by atoms with E-state index in [-0.39, 0.29) is 24.8 Å². The Hall–Kier alpha value is -2.14. The van der Waals surface area contributed by atoms with E-state index in [1.54, 1.807) is 4.90 Å². The summed E-state index contributed by atoms with van der Waals surface area (Å²) in [7, 11) is 0. The van der Waals surface area contributed by atoms with Crippen molar-refractivity contribution in [2.75, 3.05) is 13.1 Å². The Morgan fingerprint density at radius 3 is 2.50 bits per heavy atom. The quantitative estimate of drug-likeness (QED) is 0.875. The second-order valence-electron chi connectivity index (χ2n) is 6.07. The van der Waals surface area contributed by atoms with E-state index in [0.29, 0.717) is 6.54 Å². The molecule has 1 fully saturated rings. The number of carbonyl (C=O) groups excluding carboxylic acids is 1. The number of hydrogen-bond acceptors (Lipinski definition) is 2. The van der Waals surface area contributed by atoms with Crippen molar-refractivity contribution in [2.24, 2.45) is 5.92 Å². The van der Waals surface area contributed by atoms with Crippen LogP contribution in [-0.4, -0.2) is 35.0 Å². The van der Waals surface area contributed by atoms with Gasteiger partial charge in [-0.05, 0) is 23.3 Å². The number of halogens is 1. The lowest BCUT2D eigenvalue weighted by Gasteiger charge is -2.16. The van der Waals surface area contributed by atoms with Crippen molar-refractivity contribution in [3.63, 3.8) is 0 Å². The fraction of sp³-hybridized carbons (Fsp3) is 0.263. The van der Waals surface area contributed by atoms with Gasteiger partial charge in [-0.25, -0.2) is 0 Å². The summed E-state index contributed by atoms with van der Waals surface area (Å²) in [4.78, 5) is 25.9. The van der Waals surface area contributed by atoms with Crippen molar-refractivity contribution in [2.45, 2.75) is 12.3 Å². The van der Waals surface area contributed by atoms with E-state index in [1.807, 2.05) is 54.6 Å². The van der Waals surface area contributed by atoms with Crippen molar-refractivity contribution in [3.05, 3.63) is 70.2 Å². The number of carboxylic acid groups (broad SMARTS) is 1. The number of likely N-dealkylation sites (tertiary alicyclic amines) is 1. The Bertz CT molecular complexity index is 747. The molecule has 24 heavy (non-hydrogen) atoms. The first kappa shape index (κ1) is 16.7. The predicted molar refractivity (Wildman–Crippen MR) is 94.7 cm³/mol. The largest absolute Gasteiger partial charge is 0.481 e. The third kappa shape index (κ3) is 3.67. The molecular formula is C19H18BrNO3. The van der Waals surface area contributed by atoms with Crippen LogP contribution < -0.4 is 0 Å². The standard InChI is InChI=1S/C19H18BrNO3/c20-15-8-4-5-13(9-15)10-18(22)21-11-16(17(12-21)19(23)24)14-6-2-1-3-7-14/h1-9,16-17H,10-12H2,(H,23,24). The van der Waals surface area contributed by atoms with Gasteiger partial charge < -0.3 is 10.0 Å². The Morgan fingerprint density at radius 1 is 1.08 bits per heavy atom. The molecule has 0 spiro atoms. The first-order valence-electron chi connectivity index (χ1n) is 7.84. The van der Waals surface area contributed by atoms with Crippen molar-refractivity contribution in [1.82, 2.24) is 4.90 Å². The Labute approximate surface area is 149 Å². The maximum absolute atomic E-state index is 12.6. The zero-order chi connectivity index (χ0) is 17.1. The van der Waals surface area contributed by atoms with Gasteiger partial charge in [0.1, 0.15) is 0 Å². The molecule has 1 N–H and O–H groups in total. The molecule has 124 valence electrons. The molecule has 2 unspecified atom stereocenters. The topological polar surface area (TPSA) is 57.6 Å². The van der Waals surface area contributed by atoms with Gasteiger partial charge in [0.2, 0.25) is 5.91 Å². The molecule has 4 nitrogen and oxygen atoms in total. The smallest absolute Gasteiger partial charge is 0.308 e. The number of aliphatic carboxylic acids is 1. The van der Waals surface area contributed by atoms with Gasteiger partial charge in [0.15, 0.2) is 0 Å². The molecule has 5 heteroatoms. The molecule has 1 saturated heterocycles. The number of rotatable bonds is 4. The van der Waals surface area contributed by atoms with Gasteiger partial charge in [0, 0.05) is 23.5 Å². The molecule has 2 atom stereocenters. The fourth-order valence-corrected chi connectivity index (χ4v) is 3.68. The molecule has 3 rings (SSSR count). The lowest BCUT2D eigenvalue weighted by molar-refractivity contribution is -0.141. The maximum atomic E-state index is 12.6. The van der Waals surface area contributed by atoms with Crippen LogP contribution >= 0.6 is 15.9 Å². The van der Waals surface area contributed by atoms with Crippen molar-refractivity contribution < 1.29 is 14.7 Å². The summed E-state index contributed by atoms with van der Waals surface area (Å²) in [5.74, 6) is -1.59. The summed E-state index contributed by atoms with van der Waals surface area (Å²) in [5, 5.41) is 9.53. The molecule has 1 aliphatic rings. The van der Waals surface area contributed by atoms with E-state index in [0.717, 1.165) is 15.6 Å². The molecule has 0 saturated carbocycles. The van der Waals surface area contributed by atoms with Crippen LogP contribution in [0, 0.1) is 5.92 Å². The van der Waals surface area contributed by atoms with E-state index in [2.05, 4.69) is 15.9 Å². The number of benzene rings is 2. The van der Waals surface area contributed by atoms with Gasteiger partial charge in [0.05, 0.1) is 12.3 Å². The van der Waals surface area contributed by atoms with Crippen molar-refractivity contribution >= 4 is 27.8 Å². The highest BCUT2D eigenvalue weighted by atomic mass is 79.9. The lowest BCUT2D eigenvalue weighted by Crippen LogP contribution is -2.31. The van der Waals surface area contributed by atoms with Crippen LogP contribution in [0.25, 0.3) is 0 Å². The summed E-state index contributed by atoms with van der Waals surface area (Å²) >= 11 is 3.40. The zero-order valence-electron chi connectivity index (χ0n) is 13.1. The van der Waals surface area contributed by atoms with E-state index in [4.69, 9.17) is 0 Å². The summed E-state index contributed by atoms with van der Waals surface area (Å²) in [5.41, 5.74) is 1.90. The average Bonchev–Trinajstić information content (AvgIpc) is 3.01. The highest BCUT2D eigenvalue weighted by Crippen LogP contribution is 2.33. The summed E-state index contributed by atoms with van der Waals surface area (Å²) in [6.45, 7) is 0.718. The van der Waals surface area contributed by atoms with Crippen LogP contribution in [0.1, 0.15) is 17.0 Å². The van der Waals surface area contributed by atoms with Gasteiger partial charge in [-0.2, -0.15) is 0 Å². The number of nitrogens with zero attached hydrogens (tertiary/aromatic N) is 1. The molecule has 0 radical (unpaired) electrons. The highest BCUT2D eigenvalue weighted by molar-refractivity contribution is 9.10. The molecule has 2 aromatic rings. The summed E-state index contributed by atoms with van der Waals surface area (Å²) in [6, 6.07) is 17.2. The van der Waals surface area contributed by atoms with E-state index < -0.39 is 11.9 Å². The Balaban J connectivity index is 1.75. The van der Waals surface area contributed by atoms with Crippen LogP contribution in [0.3, 0.4) is 0 Å². The lowest BCUT2D eigenvalue weighted by atomic mass is 9.89. The second-order valence-corrected chi connectivity index (χ2v) is 6.98. The molecule has 1 amide bonds. The van der Waals surface area contributed by atoms with Crippen LogP contribution in [0.4, 0.5) is 0 Å². The van der Waals surface area contributed by atoms with Gasteiger partial charge >= 0.3 is 5.97 Å². The van der Waals surface area contributed by atoms with Crippen LogP contribution in [0.5, 0.6) is 0 Å². The molecular weight excluding hydrogens is 370 g/mol. The molecule has 0 aliphatic carbocycles. The fourth-order valence-electron chi connectivity index (χ4n) is 3.23. The zero-order valence-corrected chi connectivity index (χ0v) is 14.6. The number of carbonyl (C=O) groups is 2. The highest BCUT2D eigenvalue weighted by Gasteiger charge is 2.40. The number of carboxylic acids is 1. The van der Waals surface area contributed by atoms with Gasteiger partial charge in [0.25, 0.3) is 0 Å². The van der Waals surface area contributed by atoms with Crippen LogP contribution in [0.2, 0.25) is 0 Å². The minimum atomic E-state index is -0.846. The third-order valence-corrected chi connectivity index (χ3v) is 4.96. The maximum Gasteiger partial charge on any atom is 0.308 e. The monoisotopic (exact) mass is 387 g/mol. The van der Waals surface area contributed by atoms with Crippen molar-refractivity contribution in [3.8, 4) is 0 Å². The van der Waals surface area contributed by atoms with Gasteiger partial charge in [-0.3, -0.25) is 9.59 Å². The average molecular weight is 388 g/mol. The first-order valence-corrected chi connectivity index (χ1v) is 8.64. The Morgan fingerprint density at radius 2 is 1.83 bits per heavy atom. The Kier molecular flexibility index (Phi) is 5.00. The van der Waals surface area contributed by atoms with Crippen LogP contribution in [0.15, 0.2) is 59.1 Å². The third-order valence-electron chi connectivity index (χ3n) is 4.46. The van der Waals surface area contributed by atoms with E-state index in [9.17, 15) is 14.7 Å². The van der Waals surface area contributed by atoms with Gasteiger partial charge in [-0.1, -0.05) is 58.4 Å². The summed E-state index contributed by atoms with van der Waals surface area (Å²) in [6.07, 6.45) is 0.285. The number of hydrogen-bond donors (Lipinski definition) is 1. The molecule has 1 aliphatic heterocycles. The summed E-state index contributed by atoms with van der Waals surface area (Å²) < 4.78 is 0.930. The van der Waals surface area contributed by atoms with Crippen molar-refractivity contribution in [1.29, 1.82) is 0 Å². The SMILES string of the molecule is O=C(O)C1CN(C(=O)Cc2cccc(Br)c2)CC1c1ccccc1. The second kappa shape index (κ2) is 7.18. The first-order chi connectivity index (χ1) is 11.5. The minimum absolute atomic E-state index is 0.0298. The number of amides is 1. The normalized spacial score (nSPS) is 20.1. The van der Waals surface area contributed by atoms with Crippen LogP contribution in [-0.2, 0) is 16.0 Å². The molecule has 0 aromatic heterocycles. The van der Waals surface area contributed by atoms with E-state index in [1.165, 1.54) is 0 Å². The molecule has 2 aromatic carbocycles. The van der Waals surface area contributed by atoms with E-state index >= 15 is 0 Å². The molecule has 0 bridgehead atoms. The van der Waals surface area contributed by atoms with Gasteiger partial charge in [-0.15, -0.1) is 0 Å². The minimum Gasteiger partial charge on any atom is -0.481 e. The predicted octanol–water partition coefficient (Wildman–Crippen LogP) is 3.32.